The summed E-state index contributed by atoms with van der Waals surface area (Å²) >= 11 is 0. The summed E-state index contributed by atoms with van der Waals surface area (Å²) in [5.74, 6) is -0.181. The lowest BCUT2D eigenvalue weighted by molar-refractivity contribution is 0.310. The third-order valence-corrected chi connectivity index (χ3v) is 2.08. The first kappa shape index (κ1) is 10.0. The number of nitrogens with two attached hydrogens (primary N) is 1. The van der Waals surface area contributed by atoms with Crippen molar-refractivity contribution in [3.8, 4) is 0 Å². The van der Waals surface area contributed by atoms with Crippen molar-refractivity contribution in [1.29, 1.82) is 0 Å². The lowest BCUT2D eigenvalue weighted by atomic mass is 9.71. The summed E-state index contributed by atoms with van der Waals surface area (Å²) in [5, 5.41) is 0. The molecule has 0 saturated carbocycles. The SMILES string of the molecule is [B]C(N)C(C)(C)CCCC. The van der Waals surface area contributed by atoms with Crippen molar-refractivity contribution >= 4 is 7.85 Å². The second-order valence-corrected chi connectivity index (χ2v) is 3.62. The zero-order chi connectivity index (χ0) is 8.20. The van der Waals surface area contributed by atoms with Crippen LogP contribution in [0.5, 0.6) is 0 Å². The van der Waals surface area contributed by atoms with Crippen LogP contribution < -0.4 is 5.73 Å². The molecule has 0 aliphatic carbocycles. The van der Waals surface area contributed by atoms with Crippen LogP contribution in [0.25, 0.3) is 0 Å². The summed E-state index contributed by atoms with van der Waals surface area (Å²) in [7, 11) is 5.59. The van der Waals surface area contributed by atoms with Gasteiger partial charge in [0.2, 0.25) is 0 Å². The van der Waals surface area contributed by atoms with E-state index in [0.29, 0.717) is 0 Å². The van der Waals surface area contributed by atoms with E-state index in [2.05, 4.69) is 20.8 Å². The van der Waals surface area contributed by atoms with E-state index in [9.17, 15) is 0 Å². The van der Waals surface area contributed by atoms with Crippen molar-refractivity contribution in [2.24, 2.45) is 11.1 Å². The lowest BCUT2D eigenvalue weighted by Gasteiger charge is -2.29. The summed E-state index contributed by atoms with van der Waals surface area (Å²) in [4.78, 5) is 0. The van der Waals surface area contributed by atoms with Crippen LogP contribution in [0.4, 0.5) is 0 Å². The maximum absolute atomic E-state index is 5.59. The first-order valence-corrected chi connectivity index (χ1v) is 4.02. The largest absolute Gasteiger partial charge is 0.336 e. The van der Waals surface area contributed by atoms with Gasteiger partial charge >= 0.3 is 0 Å². The van der Waals surface area contributed by atoms with E-state index >= 15 is 0 Å². The summed E-state index contributed by atoms with van der Waals surface area (Å²) in [6.07, 6.45) is 3.56. The average Bonchev–Trinajstić information content (AvgIpc) is 1.84. The molecule has 0 aromatic carbocycles. The quantitative estimate of drug-likeness (QED) is 0.589. The van der Waals surface area contributed by atoms with Gasteiger partial charge in [-0.2, -0.15) is 0 Å². The minimum absolute atomic E-state index is 0.107. The van der Waals surface area contributed by atoms with Gasteiger partial charge in [0, 0.05) is 0 Å². The van der Waals surface area contributed by atoms with Gasteiger partial charge in [-0.05, 0) is 17.8 Å². The van der Waals surface area contributed by atoms with E-state index in [1.165, 1.54) is 12.8 Å². The van der Waals surface area contributed by atoms with Gasteiger partial charge in [-0.15, -0.1) is 0 Å². The third kappa shape index (κ3) is 3.26. The van der Waals surface area contributed by atoms with Gasteiger partial charge in [-0.25, -0.2) is 0 Å². The minimum atomic E-state index is -0.181. The number of hydrogen-bond acceptors (Lipinski definition) is 1. The molecule has 0 aromatic rings. The monoisotopic (exact) mass is 139 g/mol. The van der Waals surface area contributed by atoms with Crippen molar-refractivity contribution in [1.82, 2.24) is 0 Å². The standard InChI is InChI=1S/C8H18BN/c1-4-5-6-8(2,3)7(9)10/h7H,4-6,10H2,1-3H3. The van der Waals surface area contributed by atoms with Crippen LogP contribution in [0.15, 0.2) is 0 Å². The van der Waals surface area contributed by atoms with Gasteiger partial charge in [-0.1, -0.05) is 33.6 Å². The average molecular weight is 139 g/mol. The first-order valence-electron chi connectivity index (χ1n) is 4.02. The van der Waals surface area contributed by atoms with Crippen LogP contribution in [0.2, 0.25) is 0 Å². The summed E-state index contributed by atoms with van der Waals surface area (Å²) in [5.41, 5.74) is 5.70. The van der Waals surface area contributed by atoms with Crippen LogP contribution in [0.3, 0.4) is 0 Å². The van der Waals surface area contributed by atoms with E-state index in [-0.39, 0.29) is 11.4 Å². The molecule has 0 aliphatic rings. The van der Waals surface area contributed by atoms with Crippen molar-refractivity contribution in [2.45, 2.75) is 46.0 Å². The molecule has 2 heteroatoms. The Hall–Kier alpha value is 0.0249. The Morgan fingerprint density at radius 1 is 1.50 bits per heavy atom. The Balaban J connectivity index is 3.63. The van der Waals surface area contributed by atoms with Crippen molar-refractivity contribution in [3.63, 3.8) is 0 Å². The highest BCUT2D eigenvalue weighted by Crippen LogP contribution is 2.24. The molecule has 0 aromatic heterocycles. The molecular weight excluding hydrogens is 121 g/mol. The van der Waals surface area contributed by atoms with E-state index in [4.69, 9.17) is 13.6 Å². The Bertz CT molecular complexity index is 89.3. The Morgan fingerprint density at radius 3 is 2.30 bits per heavy atom. The van der Waals surface area contributed by atoms with E-state index in [0.717, 1.165) is 6.42 Å². The van der Waals surface area contributed by atoms with Crippen LogP contribution in [0, 0.1) is 5.41 Å². The molecule has 0 fully saturated rings. The second kappa shape index (κ2) is 4.02. The van der Waals surface area contributed by atoms with Gasteiger partial charge in [0.05, 0.1) is 7.85 Å². The molecule has 0 heterocycles. The summed E-state index contributed by atoms with van der Waals surface area (Å²) in [6, 6.07) is 0. The van der Waals surface area contributed by atoms with Crippen molar-refractivity contribution in [3.05, 3.63) is 0 Å². The zero-order valence-corrected chi connectivity index (χ0v) is 7.35. The highest BCUT2D eigenvalue weighted by molar-refractivity contribution is 6.12. The first-order chi connectivity index (χ1) is 4.50. The van der Waals surface area contributed by atoms with Crippen molar-refractivity contribution in [2.75, 3.05) is 0 Å². The van der Waals surface area contributed by atoms with Gasteiger partial charge in [0.15, 0.2) is 0 Å². The molecule has 0 saturated heterocycles. The molecule has 2 N–H and O–H groups in total. The molecular formula is C8H18BN. The zero-order valence-electron chi connectivity index (χ0n) is 7.35. The number of rotatable bonds is 4. The minimum Gasteiger partial charge on any atom is -0.336 e. The fourth-order valence-electron chi connectivity index (χ4n) is 0.799. The molecule has 0 amide bonds. The summed E-state index contributed by atoms with van der Waals surface area (Å²) < 4.78 is 0. The molecule has 2 radical (unpaired) electrons. The molecule has 0 rings (SSSR count). The normalized spacial score (nSPS) is 15.2. The molecule has 0 aliphatic heterocycles. The predicted molar refractivity (Wildman–Crippen MR) is 47.0 cm³/mol. The van der Waals surface area contributed by atoms with Gasteiger partial charge in [0.1, 0.15) is 0 Å². The smallest absolute Gasteiger partial charge is 0.0910 e. The fourth-order valence-corrected chi connectivity index (χ4v) is 0.799. The van der Waals surface area contributed by atoms with Crippen LogP contribution in [0.1, 0.15) is 40.0 Å². The van der Waals surface area contributed by atoms with Gasteiger partial charge in [0.25, 0.3) is 0 Å². The lowest BCUT2D eigenvalue weighted by Crippen LogP contribution is -2.37. The fraction of sp³-hybridized carbons (Fsp3) is 1.00. The highest BCUT2D eigenvalue weighted by atomic mass is 14.6. The number of unbranched alkanes of at least 4 members (excludes halogenated alkanes) is 1. The molecule has 1 unspecified atom stereocenters. The molecule has 0 bridgehead atoms. The van der Waals surface area contributed by atoms with E-state index < -0.39 is 0 Å². The Kier molecular flexibility index (Phi) is 4.03. The molecule has 1 nitrogen and oxygen atoms in total. The van der Waals surface area contributed by atoms with Crippen LogP contribution in [-0.2, 0) is 0 Å². The van der Waals surface area contributed by atoms with Crippen LogP contribution >= 0.6 is 0 Å². The molecule has 1 atom stereocenters. The Labute approximate surface area is 65.8 Å². The highest BCUT2D eigenvalue weighted by Gasteiger charge is 2.20. The maximum Gasteiger partial charge on any atom is 0.0910 e. The maximum atomic E-state index is 5.59. The van der Waals surface area contributed by atoms with Crippen LogP contribution in [-0.4, -0.2) is 13.8 Å². The van der Waals surface area contributed by atoms with Gasteiger partial charge < -0.3 is 5.73 Å². The second-order valence-electron chi connectivity index (χ2n) is 3.62. The molecule has 58 valence electrons. The predicted octanol–water partition coefficient (Wildman–Crippen LogP) is 1.66. The topological polar surface area (TPSA) is 26.0 Å². The summed E-state index contributed by atoms with van der Waals surface area (Å²) in [6.45, 7) is 6.42. The third-order valence-electron chi connectivity index (χ3n) is 2.08. The molecule has 0 spiro atoms. The van der Waals surface area contributed by atoms with E-state index in [1.807, 2.05) is 0 Å². The number of hydrogen-bond donors (Lipinski definition) is 1. The molecule has 10 heavy (non-hydrogen) atoms. The van der Waals surface area contributed by atoms with E-state index in [1.54, 1.807) is 0 Å². The van der Waals surface area contributed by atoms with Crippen molar-refractivity contribution < 1.29 is 0 Å². The van der Waals surface area contributed by atoms with Gasteiger partial charge in [-0.3, -0.25) is 0 Å². The Morgan fingerprint density at radius 2 is 2.00 bits per heavy atom.